The van der Waals surface area contributed by atoms with Crippen molar-refractivity contribution >= 4 is 69.2 Å². The number of methoxy groups -OCH3 is 1. The molecule has 6 rings (SSSR count). The Morgan fingerprint density at radius 3 is 2.00 bits per heavy atom. The van der Waals surface area contributed by atoms with E-state index < -0.39 is 23.6 Å². The molecule has 1 fully saturated rings. The number of nitrogens with zero attached hydrogens (tertiary/aromatic N) is 9. The maximum Gasteiger partial charge on any atom is 0.276 e. The molecule has 0 bridgehead atoms. The van der Waals surface area contributed by atoms with Crippen molar-refractivity contribution in [2.45, 2.75) is 47.3 Å². The van der Waals surface area contributed by atoms with Gasteiger partial charge in [0.25, 0.3) is 11.8 Å². The number of fused-ring (bicyclic) bond motifs is 2. The van der Waals surface area contributed by atoms with E-state index in [0.29, 0.717) is 71.9 Å². The minimum atomic E-state index is -0.709. The van der Waals surface area contributed by atoms with Gasteiger partial charge in [-0.15, -0.1) is 0 Å². The van der Waals surface area contributed by atoms with Crippen LogP contribution in [0.3, 0.4) is 0 Å². The highest BCUT2D eigenvalue weighted by Crippen LogP contribution is 2.33. The molecule has 65 heavy (non-hydrogen) atoms. The molecular formula is C44H54N14O7. The summed E-state index contributed by atoms with van der Waals surface area (Å²) in [5, 5.41) is 10.2. The third-order valence-corrected chi connectivity index (χ3v) is 10.3. The van der Waals surface area contributed by atoms with Gasteiger partial charge in [-0.2, -0.15) is 5.10 Å². The van der Waals surface area contributed by atoms with Crippen LogP contribution in [-0.2, 0) is 29.2 Å². The lowest BCUT2D eigenvalue weighted by Gasteiger charge is -2.31. The average molecular weight is 891 g/mol. The molecule has 0 atom stereocenters. The van der Waals surface area contributed by atoms with Gasteiger partial charge in [0.1, 0.15) is 40.5 Å². The van der Waals surface area contributed by atoms with Gasteiger partial charge in [-0.1, -0.05) is 18.2 Å². The quantitative estimate of drug-likeness (QED) is 0.0591. The van der Waals surface area contributed by atoms with Crippen molar-refractivity contribution in [1.29, 1.82) is 0 Å². The number of aromatic nitrogens is 6. The van der Waals surface area contributed by atoms with E-state index in [-0.39, 0.29) is 65.8 Å². The summed E-state index contributed by atoms with van der Waals surface area (Å²) in [6.45, 7) is 10.3. The topological polar surface area (TPSA) is 278 Å². The Balaban J connectivity index is 1.38. The summed E-state index contributed by atoms with van der Waals surface area (Å²) in [6.07, 6.45) is 8.69. The van der Waals surface area contributed by atoms with Crippen LogP contribution in [0.15, 0.2) is 71.4 Å². The minimum absolute atomic E-state index is 0.0352. The second kappa shape index (κ2) is 20.6. The molecule has 21 nitrogen and oxygen atoms in total. The van der Waals surface area contributed by atoms with Crippen LogP contribution in [0.2, 0.25) is 0 Å². The van der Waals surface area contributed by atoms with Crippen LogP contribution in [0, 0.1) is 6.92 Å². The van der Waals surface area contributed by atoms with E-state index >= 15 is 0 Å². The van der Waals surface area contributed by atoms with Gasteiger partial charge in [0.2, 0.25) is 29.6 Å². The first-order valence-electron chi connectivity index (χ1n) is 20.9. The number of piperazine rings is 1. The molecule has 1 aliphatic heterocycles. The van der Waals surface area contributed by atoms with Crippen molar-refractivity contribution < 1.29 is 33.4 Å². The fraction of sp³-hybridized carbons (Fsp3) is 0.341. The van der Waals surface area contributed by atoms with Gasteiger partial charge in [-0.3, -0.25) is 49.2 Å². The average Bonchev–Trinajstić information content (AvgIpc) is 3.93. The monoisotopic (exact) mass is 890 g/mol. The number of nitrogens with two attached hydrogens (primary N) is 3. The predicted octanol–water partition coefficient (Wildman–Crippen LogP) is 2.60. The smallest absolute Gasteiger partial charge is 0.276 e. The molecular weight excluding hydrogens is 837 g/mol. The standard InChI is InChI=1S/C44H54N14O7/c1-7-48-32(19-26(3)45)41(62)51-43-49-30-21-28(39(46)60)23-34(64-6)37(30)56(43)14-9-10-15-57-38-31(50-44(57)52-42(63)33-20-27(4)53-58(33)8-2)22-29(40(47)61)24-35(38)65-18-12-11-13-55-17-16-54(5)25-36(55)59/h9-12,19-24H,7-8,13-18,25,45H2,1-6H3,(H2,46,60)(H2,47,61)(H,49,51,62)(H,50,52,63)/b10-9+,12-11+,26-19-,48-32?. The van der Waals surface area contributed by atoms with Crippen LogP contribution < -0.4 is 37.3 Å². The lowest BCUT2D eigenvalue weighted by Crippen LogP contribution is -2.48. The second-order valence-corrected chi connectivity index (χ2v) is 15.2. The van der Waals surface area contributed by atoms with Crippen molar-refractivity contribution in [2.75, 3.05) is 64.1 Å². The van der Waals surface area contributed by atoms with E-state index in [9.17, 15) is 24.0 Å². The zero-order valence-electron chi connectivity index (χ0n) is 37.3. The number of aryl methyl sites for hydroxylation is 2. The molecule has 21 heteroatoms. The number of primary amides is 2. The number of hydrogen-bond acceptors (Lipinski definition) is 13. The Labute approximate surface area is 374 Å². The van der Waals surface area contributed by atoms with Crippen molar-refractivity contribution in [3.8, 4) is 11.5 Å². The number of anilines is 2. The third-order valence-electron chi connectivity index (χ3n) is 10.3. The summed E-state index contributed by atoms with van der Waals surface area (Å²) >= 11 is 0. The fourth-order valence-corrected chi connectivity index (χ4v) is 7.21. The van der Waals surface area contributed by atoms with Crippen molar-refractivity contribution in [2.24, 2.45) is 22.2 Å². The van der Waals surface area contributed by atoms with Crippen LogP contribution >= 0.6 is 0 Å². The van der Waals surface area contributed by atoms with E-state index in [0.717, 1.165) is 6.54 Å². The lowest BCUT2D eigenvalue weighted by molar-refractivity contribution is -0.134. The maximum atomic E-state index is 13.8. The summed E-state index contributed by atoms with van der Waals surface area (Å²) < 4.78 is 16.9. The molecule has 0 unspecified atom stereocenters. The number of carbonyl (C=O) groups excluding carboxylic acids is 5. The van der Waals surface area contributed by atoms with Crippen molar-refractivity contribution in [1.82, 2.24) is 38.7 Å². The van der Waals surface area contributed by atoms with Crippen LogP contribution in [0.4, 0.5) is 11.9 Å². The highest BCUT2D eigenvalue weighted by Gasteiger charge is 2.24. The lowest BCUT2D eigenvalue weighted by atomic mass is 10.1. The molecule has 1 aliphatic rings. The largest absolute Gasteiger partial charge is 0.494 e. The molecule has 2 aromatic carbocycles. The number of allylic oxidation sites excluding steroid dienone is 3. The summed E-state index contributed by atoms with van der Waals surface area (Å²) in [6, 6.07) is 7.70. The van der Waals surface area contributed by atoms with Gasteiger partial charge in [0, 0.05) is 62.6 Å². The second-order valence-electron chi connectivity index (χ2n) is 15.2. The number of ether oxygens (including phenoxy) is 2. The maximum absolute atomic E-state index is 13.8. The van der Waals surface area contributed by atoms with Gasteiger partial charge in [0.05, 0.1) is 30.4 Å². The molecule has 5 amide bonds. The van der Waals surface area contributed by atoms with Crippen molar-refractivity contribution in [3.63, 3.8) is 0 Å². The summed E-state index contributed by atoms with van der Waals surface area (Å²) in [7, 11) is 3.34. The molecule has 0 saturated carbocycles. The minimum Gasteiger partial charge on any atom is -0.494 e. The zero-order valence-corrected chi connectivity index (χ0v) is 37.3. The Kier molecular flexibility index (Phi) is 14.8. The summed E-state index contributed by atoms with van der Waals surface area (Å²) in [4.78, 5) is 82.1. The number of imidazole rings is 2. The molecule has 0 aliphatic carbocycles. The Morgan fingerprint density at radius 2 is 1.43 bits per heavy atom. The molecule has 342 valence electrons. The molecule has 0 spiro atoms. The molecule has 0 radical (unpaired) electrons. The SMILES string of the molecule is CCN=C(/C=C(/C)N)C(=O)Nc1nc2cc(C(N)=O)cc(OC)c2n1C/C=C/Cn1c(NC(=O)c2cc(C)nn2CC)nc2cc(C(N)=O)cc(OC/C=C/CN3CCN(C)CC3=O)c21. The molecule has 5 aromatic rings. The molecule has 3 aromatic heterocycles. The number of hydrogen-bond donors (Lipinski definition) is 5. The van der Waals surface area contributed by atoms with E-state index in [2.05, 4.69) is 25.7 Å². The summed E-state index contributed by atoms with van der Waals surface area (Å²) in [5.74, 6) is -1.61. The number of carbonyl (C=O) groups is 5. The number of amides is 5. The first-order chi connectivity index (χ1) is 31.1. The zero-order chi connectivity index (χ0) is 46.9. The first-order valence-corrected chi connectivity index (χ1v) is 20.9. The fourth-order valence-electron chi connectivity index (χ4n) is 7.21. The van der Waals surface area contributed by atoms with E-state index in [1.165, 1.54) is 37.5 Å². The number of likely N-dealkylation sites (N-methyl/N-ethyl adjacent to an activating group) is 1. The highest BCUT2D eigenvalue weighted by atomic mass is 16.5. The Bertz CT molecular complexity index is 2770. The van der Waals surface area contributed by atoms with Crippen molar-refractivity contribution in [3.05, 3.63) is 88.9 Å². The molecule has 8 N–H and O–H groups in total. The van der Waals surface area contributed by atoms with E-state index in [1.54, 1.807) is 57.7 Å². The van der Waals surface area contributed by atoms with Crippen LogP contribution in [0.1, 0.15) is 57.7 Å². The van der Waals surface area contributed by atoms with Gasteiger partial charge in [0.15, 0.2) is 0 Å². The van der Waals surface area contributed by atoms with Crippen LogP contribution in [0.25, 0.3) is 22.1 Å². The normalized spacial score (nSPS) is 14.0. The van der Waals surface area contributed by atoms with Crippen LogP contribution in [-0.4, -0.2) is 127 Å². The highest BCUT2D eigenvalue weighted by molar-refractivity contribution is 6.47. The van der Waals surface area contributed by atoms with Gasteiger partial charge in [-0.05, 0) is 77.2 Å². The van der Waals surface area contributed by atoms with Gasteiger partial charge >= 0.3 is 0 Å². The number of benzene rings is 2. The van der Waals surface area contributed by atoms with Gasteiger partial charge < -0.3 is 40.7 Å². The predicted molar refractivity (Wildman–Crippen MR) is 246 cm³/mol. The molecule has 4 heterocycles. The molecule has 1 saturated heterocycles. The first kappa shape index (κ1) is 46.7. The summed E-state index contributed by atoms with van der Waals surface area (Å²) in [5.41, 5.74) is 20.6. The van der Waals surface area contributed by atoms with E-state index in [4.69, 9.17) is 31.7 Å². The Morgan fingerprint density at radius 1 is 0.831 bits per heavy atom. The van der Waals surface area contributed by atoms with E-state index in [1.807, 2.05) is 31.0 Å². The Hall–Kier alpha value is -7.81. The number of rotatable bonds is 19. The van der Waals surface area contributed by atoms with Crippen LogP contribution in [0.5, 0.6) is 11.5 Å². The number of nitrogens with one attached hydrogen (secondary N) is 2. The van der Waals surface area contributed by atoms with Gasteiger partial charge in [-0.25, -0.2) is 9.97 Å². The third kappa shape index (κ3) is 10.9. The number of aliphatic imine (C=N–C) groups is 1.